The quantitative estimate of drug-likeness (QED) is 0.852. The van der Waals surface area contributed by atoms with E-state index < -0.39 is 0 Å². The van der Waals surface area contributed by atoms with E-state index in [-0.39, 0.29) is 11.9 Å². The predicted molar refractivity (Wildman–Crippen MR) is 65.0 cm³/mol. The Bertz CT molecular complexity index is 372. The Hall–Kier alpha value is -1.09. The zero-order valence-corrected chi connectivity index (χ0v) is 9.91. The maximum Gasteiger partial charge on any atom is 0.146 e. The highest BCUT2D eigenvalue weighted by atomic mass is 19.1. The standard InChI is InChI=1S/C13H19FN2/c1-9(15)11-7-4-8-12(14)13(11)16(2)10-5-3-6-10/h4,7-10H,3,5-6,15H2,1-2H3/t9-/m0/s1. The molecule has 1 atom stereocenters. The number of halogens is 1. The second kappa shape index (κ2) is 4.42. The van der Waals surface area contributed by atoms with Crippen molar-refractivity contribution in [3.8, 4) is 0 Å². The number of nitrogens with zero attached hydrogens (tertiary/aromatic N) is 1. The average molecular weight is 222 g/mol. The first kappa shape index (κ1) is 11.4. The first-order chi connectivity index (χ1) is 7.61. The molecular weight excluding hydrogens is 203 g/mol. The normalized spacial score (nSPS) is 18.0. The van der Waals surface area contributed by atoms with E-state index in [1.165, 1.54) is 12.5 Å². The van der Waals surface area contributed by atoms with Crippen LogP contribution in [0, 0.1) is 5.82 Å². The fourth-order valence-electron chi connectivity index (χ4n) is 2.23. The highest BCUT2D eigenvalue weighted by Crippen LogP contribution is 2.34. The van der Waals surface area contributed by atoms with Crippen LogP contribution in [0.15, 0.2) is 18.2 Å². The van der Waals surface area contributed by atoms with Gasteiger partial charge in [-0.05, 0) is 37.8 Å². The van der Waals surface area contributed by atoms with Crippen LogP contribution >= 0.6 is 0 Å². The summed E-state index contributed by atoms with van der Waals surface area (Å²) < 4.78 is 13.9. The highest BCUT2D eigenvalue weighted by Gasteiger charge is 2.26. The Morgan fingerprint density at radius 1 is 1.44 bits per heavy atom. The third kappa shape index (κ3) is 1.92. The summed E-state index contributed by atoms with van der Waals surface area (Å²) in [6, 6.07) is 5.50. The molecule has 1 fully saturated rings. The van der Waals surface area contributed by atoms with Crippen LogP contribution < -0.4 is 10.6 Å². The van der Waals surface area contributed by atoms with Gasteiger partial charge in [0.2, 0.25) is 0 Å². The first-order valence-electron chi connectivity index (χ1n) is 5.88. The second-order valence-electron chi connectivity index (χ2n) is 4.66. The Morgan fingerprint density at radius 3 is 2.62 bits per heavy atom. The van der Waals surface area contributed by atoms with Crippen LogP contribution in [-0.2, 0) is 0 Å². The zero-order chi connectivity index (χ0) is 11.7. The molecule has 2 rings (SSSR count). The summed E-state index contributed by atoms with van der Waals surface area (Å²) >= 11 is 0. The summed E-state index contributed by atoms with van der Waals surface area (Å²) in [5, 5.41) is 0. The molecule has 0 radical (unpaired) electrons. The van der Waals surface area contributed by atoms with Crippen molar-refractivity contribution < 1.29 is 4.39 Å². The molecular formula is C13H19FN2. The van der Waals surface area contributed by atoms with E-state index in [0.717, 1.165) is 18.4 Å². The fourth-order valence-corrected chi connectivity index (χ4v) is 2.23. The molecule has 88 valence electrons. The second-order valence-corrected chi connectivity index (χ2v) is 4.66. The van der Waals surface area contributed by atoms with Crippen LogP contribution in [0.3, 0.4) is 0 Å². The zero-order valence-electron chi connectivity index (χ0n) is 9.91. The van der Waals surface area contributed by atoms with Crippen molar-refractivity contribution >= 4 is 5.69 Å². The lowest BCUT2D eigenvalue weighted by Crippen LogP contribution is -2.38. The molecule has 1 saturated carbocycles. The molecule has 1 aliphatic carbocycles. The summed E-state index contributed by atoms with van der Waals surface area (Å²) in [6.45, 7) is 1.90. The van der Waals surface area contributed by atoms with Crippen molar-refractivity contribution in [2.24, 2.45) is 5.73 Å². The van der Waals surface area contributed by atoms with Gasteiger partial charge in [0.1, 0.15) is 5.82 Å². The van der Waals surface area contributed by atoms with Crippen LogP contribution in [0.4, 0.5) is 10.1 Å². The Balaban J connectivity index is 2.36. The van der Waals surface area contributed by atoms with E-state index in [9.17, 15) is 4.39 Å². The summed E-state index contributed by atoms with van der Waals surface area (Å²) in [6.07, 6.45) is 3.56. The summed E-state index contributed by atoms with van der Waals surface area (Å²) in [7, 11) is 1.97. The van der Waals surface area contributed by atoms with Gasteiger partial charge in [0.15, 0.2) is 0 Å². The monoisotopic (exact) mass is 222 g/mol. The van der Waals surface area contributed by atoms with E-state index in [1.54, 1.807) is 6.07 Å². The molecule has 0 saturated heterocycles. The Labute approximate surface area is 96.2 Å². The van der Waals surface area contributed by atoms with Gasteiger partial charge in [0.05, 0.1) is 5.69 Å². The van der Waals surface area contributed by atoms with Gasteiger partial charge in [-0.25, -0.2) is 4.39 Å². The third-order valence-corrected chi connectivity index (χ3v) is 3.48. The lowest BCUT2D eigenvalue weighted by molar-refractivity contribution is 0.397. The molecule has 0 aliphatic heterocycles. The minimum atomic E-state index is -0.163. The van der Waals surface area contributed by atoms with Crippen molar-refractivity contribution in [1.29, 1.82) is 0 Å². The average Bonchev–Trinajstić information content (AvgIpc) is 2.14. The topological polar surface area (TPSA) is 29.3 Å². The van der Waals surface area contributed by atoms with Crippen molar-refractivity contribution in [3.63, 3.8) is 0 Å². The van der Waals surface area contributed by atoms with Crippen LogP contribution in [0.2, 0.25) is 0 Å². The SMILES string of the molecule is C[C@H](N)c1cccc(F)c1N(C)C1CCC1. The van der Waals surface area contributed by atoms with Gasteiger partial charge in [-0.1, -0.05) is 12.1 Å². The highest BCUT2D eigenvalue weighted by molar-refractivity contribution is 5.56. The fraction of sp³-hybridized carbons (Fsp3) is 0.538. The molecule has 1 aromatic rings. The number of hydrogen-bond donors (Lipinski definition) is 1. The number of anilines is 1. The molecule has 2 nitrogen and oxygen atoms in total. The summed E-state index contributed by atoms with van der Waals surface area (Å²) in [4.78, 5) is 2.05. The van der Waals surface area contributed by atoms with Gasteiger partial charge in [0, 0.05) is 19.1 Å². The smallest absolute Gasteiger partial charge is 0.146 e. The number of para-hydroxylation sites is 1. The molecule has 1 aromatic carbocycles. The number of rotatable bonds is 3. The van der Waals surface area contributed by atoms with E-state index in [4.69, 9.17) is 5.73 Å². The van der Waals surface area contributed by atoms with E-state index in [2.05, 4.69) is 4.90 Å². The lowest BCUT2D eigenvalue weighted by Gasteiger charge is -2.38. The molecule has 16 heavy (non-hydrogen) atoms. The minimum absolute atomic E-state index is 0.131. The largest absolute Gasteiger partial charge is 0.369 e. The summed E-state index contributed by atoms with van der Waals surface area (Å²) in [5.41, 5.74) is 7.47. The van der Waals surface area contributed by atoms with Gasteiger partial charge in [0.25, 0.3) is 0 Å². The maximum atomic E-state index is 13.9. The first-order valence-corrected chi connectivity index (χ1v) is 5.88. The number of benzene rings is 1. The maximum absolute atomic E-state index is 13.9. The van der Waals surface area contributed by atoms with E-state index >= 15 is 0 Å². The molecule has 3 heteroatoms. The van der Waals surface area contributed by atoms with Gasteiger partial charge in [-0.3, -0.25) is 0 Å². The van der Waals surface area contributed by atoms with Crippen molar-refractivity contribution in [1.82, 2.24) is 0 Å². The molecule has 2 N–H and O–H groups in total. The number of hydrogen-bond acceptors (Lipinski definition) is 2. The van der Waals surface area contributed by atoms with Crippen LogP contribution in [0.25, 0.3) is 0 Å². The predicted octanol–water partition coefficient (Wildman–Crippen LogP) is 2.83. The van der Waals surface area contributed by atoms with E-state index in [0.29, 0.717) is 11.7 Å². The van der Waals surface area contributed by atoms with Crippen LogP contribution in [0.1, 0.15) is 37.8 Å². The van der Waals surface area contributed by atoms with Crippen molar-refractivity contribution in [2.75, 3.05) is 11.9 Å². The molecule has 0 heterocycles. The molecule has 0 aromatic heterocycles. The third-order valence-electron chi connectivity index (χ3n) is 3.48. The van der Waals surface area contributed by atoms with Crippen LogP contribution in [-0.4, -0.2) is 13.1 Å². The van der Waals surface area contributed by atoms with Gasteiger partial charge < -0.3 is 10.6 Å². The van der Waals surface area contributed by atoms with Crippen molar-refractivity contribution in [3.05, 3.63) is 29.6 Å². The minimum Gasteiger partial charge on any atom is -0.369 e. The molecule has 1 aliphatic rings. The van der Waals surface area contributed by atoms with E-state index in [1.807, 2.05) is 20.0 Å². The van der Waals surface area contributed by atoms with Gasteiger partial charge in [-0.2, -0.15) is 0 Å². The lowest BCUT2D eigenvalue weighted by atomic mass is 9.90. The Morgan fingerprint density at radius 2 is 2.12 bits per heavy atom. The molecule has 0 amide bonds. The Kier molecular flexibility index (Phi) is 3.15. The molecule has 0 unspecified atom stereocenters. The molecule has 0 bridgehead atoms. The van der Waals surface area contributed by atoms with Crippen LogP contribution in [0.5, 0.6) is 0 Å². The summed E-state index contributed by atoms with van der Waals surface area (Å²) in [5.74, 6) is -0.163. The van der Waals surface area contributed by atoms with Gasteiger partial charge in [-0.15, -0.1) is 0 Å². The number of nitrogens with two attached hydrogens (primary N) is 1. The van der Waals surface area contributed by atoms with Gasteiger partial charge >= 0.3 is 0 Å². The van der Waals surface area contributed by atoms with Crippen molar-refractivity contribution in [2.45, 2.75) is 38.3 Å². The molecule has 0 spiro atoms.